The molecule has 0 spiro atoms. The third-order valence-corrected chi connectivity index (χ3v) is 5.80. The number of rotatable bonds is 2. The van der Waals surface area contributed by atoms with Crippen LogP contribution in [0, 0.1) is 5.41 Å². The van der Waals surface area contributed by atoms with E-state index in [-0.39, 0.29) is 23.8 Å². The van der Waals surface area contributed by atoms with Gasteiger partial charge in [-0.05, 0) is 6.42 Å². The lowest BCUT2D eigenvalue weighted by Gasteiger charge is -2.37. The van der Waals surface area contributed by atoms with Gasteiger partial charge in [-0.1, -0.05) is 37.3 Å². The fourth-order valence-corrected chi connectivity index (χ4v) is 4.44. The van der Waals surface area contributed by atoms with E-state index in [4.69, 9.17) is 0 Å². The minimum atomic E-state index is -4.67. The Hall–Kier alpha value is -2.17. The number of piperazine rings is 1. The van der Waals surface area contributed by atoms with Crippen LogP contribution < -0.4 is 4.90 Å². The van der Waals surface area contributed by atoms with Crippen molar-refractivity contribution >= 4 is 22.4 Å². The molecule has 4 rings (SSSR count). The first kappa shape index (κ1) is 18.2. The van der Waals surface area contributed by atoms with Gasteiger partial charge in [-0.3, -0.25) is 4.79 Å². The number of thiazole rings is 1. The quantitative estimate of drug-likeness (QED) is 0.770. The van der Waals surface area contributed by atoms with Gasteiger partial charge in [0.25, 0.3) is 0 Å². The minimum absolute atomic E-state index is 0.125. The molecule has 1 amide bonds. The van der Waals surface area contributed by atoms with E-state index in [0.717, 1.165) is 6.42 Å². The average Bonchev–Trinajstić information content (AvgIpc) is 3.32. The number of fused-ring (bicyclic) bond motifs is 2. The molecule has 4 heterocycles. The first-order valence-electron chi connectivity index (χ1n) is 8.49. The molecule has 11 heteroatoms. The fourth-order valence-electron chi connectivity index (χ4n) is 3.52. The molecule has 2 atom stereocenters. The van der Waals surface area contributed by atoms with Gasteiger partial charge in [0.15, 0.2) is 5.13 Å². The summed E-state index contributed by atoms with van der Waals surface area (Å²) in [6.45, 7) is 7.03. The molecule has 0 aromatic carbocycles. The number of alkyl halides is 3. The number of nitrogens with zero attached hydrogens (tertiary/aromatic N) is 5. The highest BCUT2D eigenvalue weighted by Crippen LogP contribution is 2.40. The zero-order valence-electron chi connectivity index (χ0n) is 14.9. The summed E-state index contributed by atoms with van der Waals surface area (Å²) in [7, 11) is 0. The second-order valence-corrected chi connectivity index (χ2v) is 8.84. The molecule has 2 saturated heterocycles. The number of anilines is 1. The molecular weight excluding hydrogens is 383 g/mol. The molecule has 2 fully saturated rings. The molecule has 2 unspecified atom stereocenters. The summed E-state index contributed by atoms with van der Waals surface area (Å²) in [6.07, 6.45) is -2.35. The Morgan fingerprint density at radius 3 is 2.56 bits per heavy atom. The zero-order valence-corrected chi connectivity index (χ0v) is 15.8. The maximum Gasteiger partial charge on any atom is 0.471 e. The van der Waals surface area contributed by atoms with Gasteiger partial charge < -0.3 is 14.3 Å². The third-order valence-electron chi connectivity index (χ3n) is 4.77. The second-order valence-electron chi connectivity index (χ2n) is 7.83. The minimum Gasteiger partial charge on any atom is -0.341 e. The van der Waals surface area contributed by atoms with Crippen molar-refractivity contribution in [1.29, 1.82) is 0 Å². The highest BCUT2D eigenvalue weighted by Gasteiger charge is 2.48. The zero-order chi connectivity index (χ0) is 19.6. The standard InChI is InChI=1S/C16H18F3N5O2S/c1-15(2,3)13(25)23-6-9-4-8(23)7-24(9)14-20-5-10(27-14)11-21-12(26-22-11)16(17,18)19/h5,8-9H,4,6-7H2,1-3H3. The molecular formula is C16H18F3N5O2S. The predicted molar refractivity (Wildman–Crippen MR) is 91.1 cm³/mol. The van der Waals surface area contributed by atoms with Gasteiger partial charge in [0.1, 0.15) is 0 Å². The lowest BCUT2D eigenvalue weighted by molar-refractivity contribution is -0.159. The number of carbonyl (C=O) groups excluding carboxylic acids is 1. The number of aromatic nitrogens is 3. The van der Waals surface area contributed by atoms with Crippen LogP contribution in [0.3, 0.4) is 0 Å². The lowest BCUT2D eigenvalue weighted by Crippen LogP contribution is -2.51. The molecule has 0 aliphatic carbocycles. The Bertz CT molecular complexity index is 872. The molecule has 7 nitrogen and oxygen atoms in total. The van der Waals surface area contributed by atoms with Gasteiger partial charge in [0, 0.05) is 18.5 Å². The van der Waals surface area contributed by atoms with Crippen molar-refractivity contribution in [3.63, 3.8) is 0 Å². The van der Waals surface area contributed by atoms with E-state index in [1.165, 1.54) is 17.5 Å². The number of likely N-dealkylation sites (tertiary alicyclic amines) is 1. The van der Waals surface area contributed by atoms with Crippen LogP contribution in [0.4, 0.5) is 18.3 Å². The largest absolute Gasteiger partial charge is 0.471 e. The second kappa shape index (κ2) is 5.91. The van der Waals surface area contributed by atoms with Crippen LogP contribution in [0.25, 0.3) is 10.7 Å². The van der Waals surface area contributed by atoms with Crippen molar-refractivity contribution < 1.29 is 22.5 Å². The van der Waals surface area contributed by atoms with Gasteiger partial charge in [-0.25, -0.2) is 4.98 Å². The number of carbonyl (C=O) groups is 1. The maximum atomic E-state index is 12.6. The summed E-state index contributed by atoms with van der Waals surface area (Å²) >= 11 is 1.22. The Balaban J connectivity index is 1.48. The average molecular weight is 401 g/mol. The number of hydrogen-bond donors (Lipinski definition) is 0. The SMILES string of the molecule is CC(C)(C)C(=O)N1CC2CC1CN2c1ncc(-c2noc(C(F)(F)F)n2)s1. The molecule has 146 valence electrons. The van der Waals surface area contributed by atoms with Crippen LogP contribution in [0.15, 0.2) is 10.7 Å². The first-order valence-corrected chi connectivity index (χ1v) is 9.30. The Kier molecular flexibility index (Phi) is 3.99. The van der Waals surface area contributed by atoms with Crippen molar-refractivity contribution in [2.45, 2.75) is 45.5 Å². The predicted octanol–water partition coefficient (Wildman–Crippen LogP) is 3.05. The third kappa shape index (κ3) is 3.17. The van der Waals surface area contributed by atoms with E-state index >= 15 is 0 Å². The van der Waals surface area contributed by atoms with Crippen molar-refractivity contribution in [3.8, 4) is 10.7 Å². The molecule has 27 heavy (non-hydrogen) atoms. The monoisotopic (exact) mass is 401 g/mol. The maximum absolute atomic E-state index is 12.6. The van der Waals surface area contributed by atoms with Crippen molar-refractivity contribution in [2.75, 3.05) is 18.0 Å². The summed E-state index contributed by atoms with van der Waals surface area (Å²) in [5.41, 5.74) is -0.418. The Morgan fingerprint density at radius 2 is 2.00 bits per heavy atom. The van der Waals surface area contributed by atoms with Crippen LogP contribution >= 0.6 is 11.3 Å². The van der Waals surface area contributed by atoms with Gasteiger partial charge in [-0.15, -0.1) is 0 Å². The van der Waals surface area contributed by atoms with Crippen LogP contribution in [0.1, 0.15) is 33.1 Å². The highest BCUT2D eigenvalue weighted by molar-refractivity contribution is 7.18. The fraction of sp³-hybridized carbons (Fsp3) is 0.625. The van der Waals surface area contributed by atoms with Crippen LogP contribution in [-0.4, -0.2) is 51.1 Å². The molecule has 2 aromatic rings. The first-order chi connectivity index (χ1) is 12.5. The van der Waals surface area contributed by atoms with E-state index in [1.807, 2.05) is 25.7 Å². The van der Waals surface area contributed by atoms with Crippen molar-refractivity contribution in [2.24, 2.45) is 5.41 Å². The molecule has 2 bridgehead atoms. The smallest absolute Gasteiger partial charge is 0.341 e. The summed E-state index contributed by atoms with van der Waals surface area (Å²) in [5, 5.41) is 4.09. The topological polar surface area (TPSA) is 75.4 Å². The molecule has 2 aromatic heterocycles. The van der Waals surface area contributed by atoms with Gasteiger partial charge in [-0.2, -0.15) is 18.2 Å². The summed E-state index contributed by atoms with van der Waals surface area (Å²) < 4.78 is 42.1. The molecule has 0 radical (unpaired) electrons. The number of amides is 1. The number of halogens is 3. The molecule has 2 aliphatic rings. The molecule has 0 N–H and O–H groups in total. The highest BCUT2D eigenvalue weighted by atomic mass is 32.1. The van der Waals surface area contributed by atoms with Gasteiger partial charge in [0.05, 0.1) is 23.2 Å². The lowest BCUT2D eigenvalue weighted by atomic mass is 9.94. The molecule has 0 saturated carbocycles. The van der Waals surface area contributed by atoms with Gasteiger partial charge >= 0.3 is 12.1 Å². The number of hydrogen-bond acceptors (Lipinski definition) is 7. The van der Waals surface area contributed by atoms with Crippen LogP contribution in [0.5, 0.6) is 0 Å². The summed E-state index contributed by atoms with van der Waals surface area (Å²) in [5.74, 6) is -1.36. The normalized spacial score (nSPS) is 22.7. The van der Waals surface area contributed by atoms with Crippen LogP contribution in [-0.2, 0) is 11.0 Å². The Labute approximate surface area is 157 Å². The summed E-state index contributed by atoms with van der Waals surface area (Å²) in [4.78, 5) is 24.7. The van der Waals surface area contributed by atoms with E-state index in [1.54, 1.807) is 0 Å². The Morgan fingerprint density at radius 1 is 1.26 bits per heavy atom. The molecule has 2 aliphatic heterocycles. The van der Waals surface area contributed by atoms with E-state index < -0.39 is 17.5 Å². The van der Waals surface area contributed by atoms with Gasteiger partial charge in [0.2, 0.25) is 11.7 Å². The van der Waals surface area contributed by atoms with Crippen molar-refractivity contribution in [3.05, 3.63) is 12.1 Å². The van der Waals surface area contributed by atoms with E-state index in [2.05, 4.69) is 24.5 Å². The van der Waals surface area contributed by atoms with E-state index in [0.29, 0.717) is 23.1 Å². The van der Waals surface area contributed by atoms with Crippen LogP contribution in [0.2, 0.25) is 0 Å². The summed E-state index contributed by atoms with van der Waals surface area (Å²) in [6, 6.07) is 0.299. The van der Waals surface area contributed by atoms with E-state index in [9.17, 15) is 18.0 Å². The van der Waals surface area contributed by atoms with Crippen molar-refractivity contribution in [1.82, 2.24) is 20.0 Å².